The predicted molar refractivity (Wildman–Crippen MR) is 53.2 cm³/mol. The maximum Gasteiger partial charge on any atom is 0.387 e. The van der Waals surface area contributed by atoms with Crippen LogP contribution in [0.15, 0.2) is 24.3 Å². The number of alkyl halides is 2. The lowest BCUT2D eigenvalue weighted by atomic mass is 10.0. The van der Waals surface area contributed by atoms with Crippen LogP contribution in [-0.4, -0.2) is 28.8 Å². The van der Waals surface area contributed by atoms with Crippen molar-refractivity contribution in [1.29, 1.82) is 0 Å². The third kappa shape index (κ3) is 3.65. The van der Waals surface area contributed by atoms with Crippen LogP contribution in [0.1, 0.15) is 11.7 Å². The highest BCUT2D eigenvalue weighted by molar-refractivity contribution is 5.79. The summed E-state index contributed by atoms with van der Waals surface area (Å²) in [6.45, 7) is -2.94. The van der Waals surface area contributed by atoms with Gasteiger partial charge < -0.3 is 20.7 Å². The first kappa shape index (κ1) is 13.3. The summed E-state index contributed by atoms with van der Waals surface area (Å²) < 4.78 is 27.8. The van der Waals surface area contributed by atoms with Crippen LogP contribution >= 0.6 is 0 Å². The molecule has 0 aromatic heterocycles. The lowest BCUT2D eigenvalue weighted by Crippen LogP contribution is -2.33. The highest BCUT2D eigenvalue weighted by Gasteiger charge is 2.23. The first-order chi connectivity index (χ1) is 7.91. The molecule has 1 amide bonds. The van der Waals surface area contributed by atoms with E-state index >= 15 is 0 Å². The van der Waals surface area contributed by atoms with Gasteiger partial charge >= 0.3 is 6.61 Å². The van der Waals surface area contributed by atoms with Crippen LogP contribution in [0.5, 0.6) is 5.75 Å². The van der Waals surface area contributed by atoms with Gasteiger partial charge in [0.15, 0.2) is 6.10 Å². The van der Waals surface area contributed by atoms with Crippen LogP contribution in [0, 0.1) is 0 Å². The molecule has 4 N–H and O–H groups in total. The summed E-state index contributed by atoms with van der Waals surface area (Å²) in [7, 11) is 0. The number of amides is 1. The summed E-state index contributed by atoms with van der Waals surface area (Å²) in [6, 6.07) is 4.85. The van der Waals surface area contributed by atoms with E-state index in [1.54, 1.807) is 0 Å². The fourth-order valence-electron chi connectivity index (χ4n) is 1.18. The van der Waals surface area contributed by atoms with Crippen LogP contribution in [0.25, 0.3) is 0 Å². The summed E-state index contributed by atoms with van der Waals surface area (Å²) in [4.78, 5) is 10.6. The molecule has 0 radical (unpaired) electrons. The van der Waals surface area contributed by atoms with Crippen LogP contribution in [-0.2, 0) is 4.79 Å². The van der Waals surface area contributed by atoms with Gasteiger partial charge in [-0.3, -0.25) is 4.79 Å². The molecule has 0 heterocycles. The SMILES string of the molecule is NC(=O)C(O)C(O)c1ccc(OC(F)F)cc1. The average Bonchev–Trinajstić information content (AvgIpc) is 2.27. The van der Waals surface area contributed by atoms with Crippen LogP contribution in [0.2, 0.25) is 0 Å². The van der Waals surface area contributed by atoms with Crippen molar-refractivity contribution in [2.45, 2.75) is 18.8 Å². The van der Waals surface area contributed by atoms with Crippen molar-refractivity contribution in [3.8, 4) is 5.75 Å². The molecule has 0 bridgehead atoms. The molecule has 0 aliphatic rings. The summed E-state index contributed by atoms with van der Waals surface area (Å²) in [5.74, 6) is -1.17. The number of primary amides is 1. The number of hydrogen-bond donors (Lipinski definition) is 3. The summed E-state index contributed by atoms with van der Waals surface area (Å²) in [5, 5.41) is 18.7. The Balaban J connectivity index is 2.76. The van der Waals surface area contributed by atoms with E-state index in [0.717, 1.165) is 0 Å². The third-order valence-electron chi connectivity index (χ3n) is 2.04. The zero-order chi connectivity index (χ0) is 13.0. The summed E-state index contributed by atoms with van der Waals surface area (Å²) in [6.07, 6.45) is -3.26. The molecule has 1 aromatic rings. The van der Waals surface area contributed by atoms with Crippen molar-refractivity contribution < 1.29 is 28.5 Å². The smallest absolute Gasteiger partial charge is 0.387 e. The Morgan fingerprint density at radius 2 is 1.76 bits per heavy atom. The van der Waals surface area contributed by atoms with Crippen molar-refractivity contribution in [1.82, 2.24) is 0 Å². The van der Waals surface area contributed by atoms with Crippen molar-refractivity contribution >= 4 is 5.91 Å². The van der Waals surface area contributed by atoms with Crippen LogP contribution in [0.3, 0.4) is 0 Å². The highest BCUT2D eigenvalue weighted by Crippen LogP contribution is 2.21. The van der Waals surface area contributed by atoms with Gasteiger partial charge in [-0.1, -0.05) is 12.1 Å². The van der Waals surface area contributed by atoms with Crippen molar-refractivity contribution in [2.75, 3.05) is 0 Å². The molecule has 0 fully saturated rings. The van der Waals surface area contributed by atoms with E-state index in [4.69, 9.17) is 5.73 Å². The monoisotopic (exact) mass is 247 g/mol. The fraction of sp³-hybridized carbons (Fsp3) is 0.300. The zero-order valence-electron chi connectivity index (χ0n) is 8.59. The molecule has 0 saturated heterocycles. The molecular weight excluding hydrogens is 236 g/mol. The van der Waals surface area contributed by atoms with Gasteiger partial charge in [0.1, 0.15) is 11.9 Å². The number of aliphatic hydroxyl groups excluding tert-OH is 2. The first-order valence-corrected chi connectivity index (χ1v) is 4.62. The second-order valence-electron chi connectivity index (χ2n) is 3.24. The van der Waals surface area contributed by atoms with E-state index in [1.807, 2.05) is 0 Å². The second kappa shape index (κ2) is 5.55. The maximum atomic E-state index is 11.8. The number of rotatable bonds is 5. The minimum absolute atomic E-state index is 0.0930. The van der Waals surface area contributed by atoms with Gasteiger partial charge in [0.05, 0.1) is 0 Å². The van der Waals surface area contributed by atoms with Gasteiger partial charge in [0.2, 0.25) is 5.91 Å². The maximum absolute atomic E-state index is 11.8. The van der Waals surface area contributed by atoms with Crippen molar-refractivity contribution in [3.05, 3.63) is 29.8 Å². The standard InChI is InChI=1S/C10H11F2NO4/c11-10(12)17-6-3-1-5(2-4-6)7(14)8(15)9(13)16/h1-4,7-8,10,14-15H,(H2,13,16). The molecular formula is C10H11F2NO4. The van der Waals surface area contributed by atoms with E-state index in [0.29, 0.717) is 0 Å². The number of halogens is 2. The summed E-state index contributed by atoms with van der Waals surface area (Å²) in [5.41, 5.74) is 4.96. The van der Waals surface area contributed by atoms with E-state index < -0.39 is 24.7 Å². The molecule has 5 nitrogen and oxygen atoms in total. The van der Waals surface area contributed by atoms with E-state index in [2.05, 4.69) is 4.74 Å². The molecule has 2 atom stereocenters. The molecule has 1 aromatic carbocycles. The molecule has 7 heteroatoms. The Morgan fingerprint density at radius 1 is 1.24 bits per heavy atom. The Labute approximate surface area is 95.4 Å². The highest BCUT2D eigenvalue weighted by atomic mass is 19.3. The van der Waals surface area contributed by atoms with E-state index in [1.165, 1.54) is 24.3 Å². The first-order valence-electron chi connectivity index (χ1n) is 4.62. The minimum atomic E-state index is -2.94. The third-order valence-corrected chi connectivity index (χ3v) is 2.04. The fourth-order valence-corrected chi connectivity index (χ4v) is 1.18. The molecule has 17 heavy (non-hydrogen) atoms. The molecule has 1 rings (SSSR count). The minimum Gasteiger partial charge on any atom is -0.435 e. The Hall–Kier alpha value is -1.73. The molecule has 0 saturated carbocycles. The number of carbonyl (C=O) groups excluding carboxylic acids is 1. The number of aliphatic hydroxyl groups is 2. The lowest BCUT2D eigenvalue weighted by Gasteiger charge is -2.15. The average molecular weight is 247 g/mol. The van der Waals surface area contributed by atoms with Gasteiger partial charge in [-0.25, -0.2) is 0 Å². The number of carbonyl (C=O) groups is 1. The largest absolute Gasteiger partial charge is 0.435 e. The normalized spacial score (nSPS) is 14.4. The number of benzene rings is 1. The van der Waals surface area contributed by atoms with Gasteiger partial charge in [-0.2, -0.15) is 8.78 Å². The van der Waals surface area contributed by atoms with Crippen LogP contribution in [0.4, 0.5) is 8.78 Å². The molecule has 0 aliphatic carbocycles. The van der Waals surface area contributed by atoms with E-state index in [9.17, 15) is 23.8 Å². The molecule has 94 valence electrons. The number of hydrogen-bond acceptors (Lipinski definition) is 4. The van der Waals surface area contributed by atoms with Gasteiger partial charge in [-0.05, 0) is 17.7 Å². The molecule has 2 unspecified atom stereocenters. The van der Waals surface area contributed by atoms with Gasteiger partial charge in [-0.15, -0.1) is 0 Å². The number of ether oxygens (including phenoxy) is 1. The van der Waals surface area contributed by atoms with Crippen molar-refractivity contribution in [3.63, 3.8) is 0 Å². The topological polar surface area (TPSA) is 92.8 Å². The summed E-state index contributed by atoms with van der Waals surface area (Å²) >= 11 is 0. The molecule has 0 aliphatic heterocycles. The van der Waals surface area contributed by atoms with Crippen molar-refractivity contribution in [2.24, 2.45) is 5.73 Å². The van der Waals surface area contributed by atoms with Gasteiger partial charge in [0, 0.05) is 0 Å². The number of nitrogens with two attached hydrogens (primary N) is 1. The quantitative estimate of drug-likeness (QED) is 0.691. The Bertz CT molecular complexity index is 382. The lowest BCUT2D eigenvalue weighted by molar-refractivity contribution is -0.131. The second-order valence-corrected chi connectivity index (χ2v) is 3.24. The van der Waals surface area contributed by atoms with E-state index in [-0.39, 0.29) is 11.3 Å². The zero-order valence-corrected chi connectivity index (χ0v) is 8.59. The Kier molecular flexibility index (Phi) is 4.36. The van der Waals surface area contributed by atoms with Gasteiger partial charge in [0.25, 0.3) is 0 Å². The molecule has 0 spiro atoms. The van der Waals surface area contributed by atoms with Crippen LogP contribution < -0.4 is 10.5 Å². The Morgan fingerprint density at radius 3 is 2.18 bits per heavy atom. The predicted octanol–water partition coefficient (Wildman–Crippen LogP) is 0.168.